The molecule has 0 unspecified atom stereocenters. The van der Waals surface area contributed by atoms with E-state index in [1.165, 1.54) is 7.05 Å². The van der Waals surface area contributed by atoms with Gasteiger partial charge >= 0.3 is 0 Å². The van der Waals surface area contributed by atoms with E-state index in [-0.39, 0.29) is 25.0 Å². The lowest BCUT2D eigenvalue weighted by Gasteiger charge is -2.36. The number of aliphatic hydroxyl groups is 2. The van der Waals surface area contributed by atoms with Crippen LogP contribution < -0.4 is 0 Å². The summed E-state index contributed by atoms with van der Waals surface area (Å²) in [6.45, 7) is 5.65. The van der Waals surface area contributed by atoms with Crippen molar-refractivity contribution in [2.24, 2.45) is 17.8 Å². The Morgan fingerprint density at radius 2 is 1.88 bits per heavy atom. The molecule has 0 radical (unpaired) electrons. The topological polar surface area (TPSA) is 107 Å². The minimum atomic E-state index is -0.853. The number of rotatable bonds is 8. The molecule has 1 aliphatic heterocycles. The van der Waals surface area contributed by atoms with Crippen molar-refractivity contribution in [1.29, 1.82) is 0 Å². The third-order valence-electron chi connectivity index (χ3n) is 7.02. The highest BCUT2D eigenvalue weighted by Gasteiger charge is 2.53. The van der Waals surface area contributed by atoms with E-state index in [0.717, 1.165) is 32.7 Å². The molecule has 2 amide bonds. The second-order valence-corrected chi connectivity index (χ2v) is 9.40. The van der Waals surface area contributed by atoms with Crippen molar-refractivity contribution in [2.75, 3.05) is 27.4 Å². The van der Waals surface area contributed by atoms with E-state index in [4.69, 9.17) is 4.74 Å². The van der Waals surface area contributed by atoms with Crippen molar-refractivity contribution < 1.29 is 29.6 Å². The highest BCUT2D eigenvalue weighted by atomic mass is 16.5. The number of fused-ring (bicyclic) bond motifs is 1. The molecule has 1 heterocycles. The van der Waals surface area contributed by atoms with Crippen molar-refractivity contribution in [3.8, 4) is 5.75 Å². The number of amides is 2. The Hall–Kier alpha value is -2.48. The Morgan fingerprint density at radius 1 is 1.24 bits per heavy atom. The number of phenolic OH excluding ortho intramolecular Hbond substituents is 1. The Bertz CT molecular complexity index is 971. The summed E-state index contributed by atoms with van der Waals surface area (Å²) < 4.78 is 5.34. The van der Waals surface area contributed by atoms with E-state index in [1.807, 2.05) is 39.0 Å². The minimum absolute atomic E-state index is 0.233. The third kappa shape index (κ3) is 4.90. The maximum atomic E-state index is 12.7. The number of hydrogen-bond acceptors (Lipinski definition) is 6. The van der Waals surface area contributed by atoms with Gasteiger partial charge in [0.15, 0.2) is 0 Å². The molecule has 0 saturated carbocycles. The van der Waals surface area contributed by atoms with E-state index >= 15 is 0 Å². The minimum Gasteiger partial charge on any atom is -0.507 e. The summed E-state index contributed by atoms with van der Waals surface area (Å²) in [5.74, 6) is -1.98. The number of ether oxygens (including phenoxy) is 1. The average Bonchev–Trinajstić information content (AvgIpc) is 2.99. The van der Waals surface area contributed by atoms with Gasteiger partial charge in [-0.25, -0.2) is 0 Å². The quantitative estimate of drug-likeness (QED) is 0.409. The van der Waals surface area contributed by atoms with Crippen molar-refractivity contribution >= 4 is 17.9 Å². The molecule has 4 atom stereocenters. The van der Waals surface area contributed by atoms with Crippen molar-refractivity contribution in [3.63, 3.8) is 0 Å². The zero-order valence-corrected chi connectivity index (χ0v) is 20.1. The highest BCUT2D eigenvalue weighted by Crippen LogP contribution is 2.45. The van der Waals surface area contributed by atoms with Crippen LogP contribution in [0, 0.1) is 31.6 Å². The van der Waals surface area contributed by atoms with E-state index in [0.29, 0.717) is 30.6 Å². The van der Waals surface area contributed by atoms with Crippen LogP contribution in [-0.2, 0) is 14.3 Å². The summed E-state index contributed by atoms with van der Waals surface area (Å²) in [6.07, 6.45) is 2.58. The Balaban J connectivity index is 1.82. The molecular formula is C26H35NO6. The molecule has 33 heavy (non-hydrogen) atoms. The van der Waals surface area contributed by atoms with Crippen LogP contribution in [0.25, 0.3) is 6.08 Å². The summed E-state index contributed by atoms with van der Waals surface area (Å²) in [4.78, 5) is 26.4. The fourth-order valence-corrected chi connectivity index (χ4v) is 5.37. The average molecular weight is 458 g/mol. The number of aliphatic hydroxyl groups excluding tert-OH is 2. The number of nitrogens with zero attached hydrogens (tertiary/aromatic N) is 1. The molecule has 1 fully saturated rings. The molecule has 1 aromatic carbocycles. The summed E-state index contributed by atoms with van der Waals surface area (Å²) in [6, 6.07) is 3.84. The number of hydrogen-bond donors (Lipinski definition) is 3. The summed E-state index contributed by atoms with van der Waals surface area (Å²) in [5.41, 5.74) is 5.11. The van der Waals surface area contributed by atoms with Gasteiger partial charge in [0.2, 0.25) is 11.8 Å². The lowest BCUT2D eigenvalue weighted by Crippen LogP contribution is -2.39. The van der Waals surface area contributed by atoms with Crippen LogP contribution in [0.2, 0.25) is 0 Å². The van der Waals surface area contributed by atoms with Crippen molar-refractivity contribution in [3.05, 3.63) is 45.5 Å². The van der Waals surface area contributed by atoms with Crippen LogP contribution in [0.4, 0.5) is 0 Å². The van der Waals surface area contributed by atoms with Gasteiger partial charge in [-0.2, -0.15) is 0 Å². The number of likely N-dealkylation sites (tertiary alicyclic amines) is 1. The maximum absolute atomic E-state index is 12.7. The molecule has 1 saturated heterocycles. The van der Waals surface area contributed by atoms with Crippen LogP contribution in [0.5, 0.6) is 5.75 Å². The van der Waals surface area contributed by atoms with Gasteiger partial charge in [0.25, 0.3) is 0 Å². The van der Waals surface area contributed by atoms with Gasteiger partial charge in [0.05, 0.1) is 31.2 Å². The lowest BCUT2D eigenvalue weighted by atomic mass is 9.68. The van der Waals surface area contributed by atoms with Crippen LogP contribution in [0.1, 0.15) is 42.9 Å². The molecular weight excluding hydrogens is 422 g/mol. The van der Waals surface area contributed by atoms with Gasteiger partial charge in [-0.1, -0.05) is 11.6 Å². The number of aromatic hydroxyl groups is 1. The van der Waals surface area contributed by atoms with Crippen LogP contribution in [0.3, 0.4) is 0 Å². The van der Waals surface area contributed by atoms with E-state index in [2.05, 4.69) is 0 Å². The van der Waals surface area contributed by atoms with E-state index < -0.39 is 23.9 Å². The van der Waals surface area contributed by atoms with Gasteiger partial charge in [-0.05, 0) is 80.0 Å². The largest absolute Gasteiger partial charge is 0.507 e. The number of phenols is 1. The van der Waals surface area contributed by atoms with Gasteiger partial charge in [0, 0.05) is 20.1 Å². The van der Waals surface area contributed by atoms with Gasteiger partial charge < -0.3 is 20.1 Å². The number of benzene rings is 1. The first-order valence-corrected chi connectivity index (χ1v) is 11.4. The highest BCUT2D eigenvalue weighted by molar-refractivity contribution is 6.05. The summed E-state index contributed by atoms with van der Waals surface area (Å²) in [7, 11) is 3.03. The molecule has 180 valence electrons. The Kier molecular flexibility index (Phi) is 7.77. The zero-order chi connectivity index (χ0) is 24.4. The van der Waals surface area contributed by atoms with Gasteiger partial charge in [-0.15, -0.1) is 0 Å². The predicted molar refractivity (Wildman–Crippen MR) is 125 cm³/mol. The SMILES string of the molecule is COCC1=C([C@H](O)CC/C(C)=C/c2cc(C)c(O)c(C)c2)[C@H](CO)[C@@H]2C(=O)N(C)C(=O)[C@@H]2C1. The first-order valence-electron chi connectivity index (χ1n) is 11.4. The molecule has 1 aliphatic carbocycles. The van der Waals surface area contributed by atoms with E-state index in [1.54, 1.807) is 7.11 Å². The third-order valence-corrected chi connectivity index (χ3v) is 7.02. The Morgan fingerprint density at radius 3 is 2.45 bits per heavy atom. The normalized spacial score (nSPS) is 24.5. The van der Waals surface area contributed by atoms with Crippen LogP contribution >= 0.6 is 0 Å². The number of allylic oxidation sites excluding steroid dienone is 1. The predicted octanol–water partition coefficient (Wildman–Crippen LogP) is 2.74. The first-order chi connectivity index (χ1) is 15.6. The molecule has 1 aromatic rings. The van der Waals surface area contributed by atoms with Crippen LogP contribution in [-0.4, -0.2) is 65.5 Å². The molecule has 0 spiro atoms. The van der Waals surface area contributed by atoms with Gasteiger partial charge in [0.1, 0.15) is 5.75 Å². The molecule has 0 bridgehead atoms. The Labute approximate surface area is 195 Å². The molecule has 3 rings (SSSR count). The fraction of sp³-hybridized carbons (Fsp3) is 0.538. The van der Waals surface area contributed by atoms with Crippen molar-refractivity contribution in [1.82, 2.24) is 4.90 Å². The summed E-state index contributed by atoms with van der Waals surface area (Å²) >= 11 is 0. The smallest absolute Gasteiger partial charge is 0.233 e. The molecule has 3 N–H and O–H groups in total. The second-order valence-electron chi connectivity index (χ2n) is 9.40. The molecule has 7 nitrogen and oxygen atoms in total. The lowest BCUT2D eigenvalue weighted by molar-refractivity contribution is -0.138. The number of carbonyl (C=O) groups excluding carboxylic acids is 2. The maximum Gasteiger partial charge on any atom is 0.233 e. The van der Waals surface area contributed by atoms with E-state index in [9.17, 15) is 24.9 Å². The first kappa shape index (κ1) is 25.1. The number of carbonyl (C=O) groups is 2. The summed E-state index contributed by atoms with van der Waals surface area (Å²) in [5, 5.41) is 31.3. The zero-order valence-electron chi connectivity index (χ0n) is 20.1. The monoisotopic (exact) mass is 457 g/mol. The molecule has 7 heteroatoms. The molecule has 0 aromatic heterocycles. The fourth-order valence-electron chi connectivity index (χ4n) is 5.37. The number of methoxy groups -OCH3 is 1. The second kappa shape index (κ2) is 10.2. The van der Waals surface area contributed by atoms with Crippen LogP contribution in [0.15, 0.2) is 28.9 Å². The number of aryl methyl sites for hydroxylation is 2. The molecule has 2 aliphatic rings. The number of imide groups is 1. The van der Waals surface area contributed by atoms with Gasteiger partial charge in [-0.3, -0.25) is 14.5 Å². The van der Waals surface area contributed by atoms with Crippen molar-refractivity contribution in [2.45, 2.75) is 46.1 Å². The standard InChI is InChI=1S/C26H35NO6/c1-14(8-17-9-15(2)24(30)16(3)10-17)6-7-21(29)22-18(13-33-5)11-19-23(20(22)12-28)26(32)27(4)25(19)31/h8-10,19-21,23,28-30H,6-7,11-13H2,1-5H3/b14-8+/t19-,20+,21-,23-/m1/s1.